The van der Waals surface area contributed by atoms with Crippen molar-refractivity contribution in [2.75, 3.05) is 11.1 Å². The van der Waals surface area contributed by atoms with Gasteiger partial charge in [0, 0.05) is 18.0 Å². The Morgan fingerprint density at radius 1 is 1.33 bits per heavy atom. The Labute approximate surface area is 109 Å². The van der Waals surface area contributed by atoms with Crippen molar-refractivity contribution in [3.05, 3.63) is 11.9 Å². The van der Waals surface area contributed by atoms with Crippen LogP contribution in [0.5, 0.6) is 0 Å². The molecule has 0 aliphatic heterocycles. The van der Waals surface area contributed by atoms with Gasteiger partial charge in [0.1, 0.15) is 17.5 Å². The monoisotopic (exact) mass is 248 g/mol. The predicted octanol–water partition coefficient (Wildman–Crippen LogP) is 3.17. The number of anilines is 2. The van der Waals surface area contributed by atoms with Crippen molar-refractivity contribution in [3.8, 4) is 0 Å². The van der Waals surface area contributed by atoms with E-state index in [0.29, 0.717) is 23.7 Å². The van der Waals surface area contributed by atoms with Crippen LogP contribution in [0, 0.1) is 5.92 Å². The summed E-state index contributed by atoms with van der Waals surface area (Å²) >= 11 is 0. The first-order valence-electron chi connectivity index (χ1n) is 7.05. The van der Waals surface area contributed by atoms with Gasteiger partial charge >= 0.3 is 0 Å². The van der Waals surface area contributed by atoms with E-state index in [4.69, 9.17) is 5.73 Å². The largest absolute Gasteiger partial charge is 0.384 e. The zero-order valence-corrected chi connectivity index (χ0v) is 11.6. The van der Waals surface area contributed by atoms with Gasteiger partial charge in [-0.2, -0.15) is 0 Å². The molecule has 2 rings (SSSR count). The summed E-state index contributed by atoms with van der Waals surface area (Å²) in [7, 11) is 0. The minimum Gasteiger partial charge on any atom is -0.384 e. The molecule has 1 aromatic rings. The number of hydrogen-bond acceptors (Lipinski definition) is 4. The maximum absolute atomic E-state index is 5.85. The van der Waals surface area contributed by atoms with Crippen LogP contribution in [0.25, 0.3) is 0 Å². The maximum Gasteiger partial charge on any atom is 0.136 e. The van der Waals surface area contributed by atoms with Crippen molar-refractivity contribution in [1.82, 2.24) is 9.97 Å². The highest BCUT2D eigenvalue weighted by Crippen LogP contribution is 2.38. The number of rotatable bonds is 6. The van der Waals surface area contributed by atoms with Gasteiger partial charge in [0.2, 0.25) is 0 Å². The molecule has 1 aromatic heterocycles. The highest BCUT2D eigenvalue weighted by molar-refractivity contribution is 5.46. The smallest absolute Gasteiger partial charge is 0.136 e. The summed E-state index contributed by atoms with van der Waals surface area (Å²) in [6.45, 7) is 6.68. The quantitative estimate of drug-likeness (QED) is 0.811. The summed E-state index contributed by atoms with van der Waals surface area (Å²) in [5.41, 5.74) is 5.85. The first-order chi connectivity index (χ1) is 8.63. The summed E-state index contributed by atoms with van der Waals surface area (Å²) < 4.78 is 0. The van der Waals surface area contributed by atoms with Crippen LogP contribution >= 0.6 is 0 Å². The van der Waals surface area contributed by atoms with E-state index in [1.54, 1.807) is 0 Å². The number of aromatic nitrogens is 2. The lowest BCUT2D eigenvalue weighted by atomic mass is 9.95. The summed E-state index contributed by atoms with van der Waals surface area (Å²) in [5.74, 6) is 3.58. The molecule has 3 N–H and O–H groups in total. The maximum atomic E-state index is 5.85. The second kappa shape index (κ2) is 5.55. The van der Waals surface area contributed by atoms with E-state index in [0.717, 1.165) is 11.6 Å². The molecule has 1 aliphatic rings. The number of nitrogens with one attached hydrogen (secondary N) is 1. The van der Waals surface area contributed by atoms with Crippen LogP contribution in [-0.2, 0) is 0 Å². The molecule has 4 heteroatoms. The minimum atomic E-state index is 0.418. The molecule has 0 amide bonds. The average Bonchev–Trinajstić information content (AvgIpc) is 3.13. The molecule has 1 aliphatic carbocycles. The number of hydrogen-bond donors (Lipinski definition) is 2. The standard InChI is InChI=1S/C14H24N4/c1-4-10(5-2)9(3)16-13-8-12(15)17-14(18-13)11-6-7-11/h8-11H,4-7H2,1-3H3,(H3,15,16,17,18). The number of nitrogen functional groups attached to an aromatic ring is 1. The molecular formula is C14H24N4. The Hall–Kier alpha value is -1.32. The summed E-state index contributed by atoms with van der Waals surface area (Å²) in [4.78, 5) is 8.90. The lowest BCUT2D eigenvalue weighted by Gasteiger charge is -2.23. The van der Waals surface area contributed by atoms with Crippen LogP contribution in [-0.4, -0.2) is 16.0 Å². The molecule has 0 saturated heterocycles. The minimum absolute atomic E-state index is 0.418. The van der Waals surface area contributed by atoms with Crippen molar-refractivity contribution in [1.29, 1.82) is 0 Å². The lowest BCUT2D eigenvalue weighted by Crippen LogP contribution is -2.25. The summed E-state index contributed by atoms with van der Waals surface area (Å²) in [6, 6.07) is 2.26. The van der Waals surface area contributed by atoms with Gasteiger partial charge in [-0.25, -0.2) is 9.97 Å². The van der Waals surface area contributed by atoms with E-state index in [1.165, 1.54) is 25.7 Å². The van der Waals surface area contributed by atoms with Gasteiger partial charge in [0.15, 0.2) is 0 Å². The topological polar surface area (TPSA) is 63.8 Å². The van der Waals surface area contributed by atoms with Crippen LogP contribution in [0.1, 0.15) is 58.2 Å². The molecule has 1 heterocycles. The highest BCUT2D eigenvalue weighted by atomic mass is 15.1. The van der Waals surface area contributed by atoms with Crippen molar-refractivity contribution < 1.29 is 0 Å². The summed E-state index contributed by atoms with van der Waals surface area (Å²) in [6.07, 6.45) is 4.76. The molecule has 18 heavy (non-hydrogen) atoms. The lowest BCUT2D eigenvalue weighted by molar-refractivity contribution is 0.437. The van der Waals surface area contributed by atoms with Gasteiger partial charge < -0.3 is 11.1 Å². The third kappa shape index (κ3) is 3.12. The number of nitrogens with zero attached hydrogens (tertiary/aromatic N) is 2. The van der Waals surface area contributed by atoms with Gasteiger partial charge in [-0.1, -0.05) is 26.7 Å². The van der Waals surface area contributed by atoms with Gasteiger partial charge in [-0.15, -0.1) is 0 Å². The van der Waals surface area contributed by atoms with Crippen molar-refractivity contribution in [2.45, 2.75) is 58.4 Å². The van der Waals surface area contributed by atoms with E-state index in [9.17, 15) is 0 Å². The first-order valence-corrected chi connectivity index (χ1v) is 7.05. The van der Waals surface area contributed by atoms with Crippen molar-refractivity contribution in [3.63, 3.8) is 0 Å². The van der Waals surface area contributed by atoms with E-state index >= 15 is 0 Å². The normalized spacial score (nSPS) is 16.9. The summed E-state index contributed by atoms with van der Waals surface area (Å²) in [5, 5.41) is 3.48. The molecule has 4 nitrogen and oxygen atoms in total. The second-order valence-electron chi connectivity index (χ2n) is 5.32. The fourth-order valence-corrected chi connectivity index (χ4v) is 2.43. The molecule has 1 unspecified atom stereocenters. The third-order valence-electron chi connectivity index (χ3n) is 3.84. The average molecular weight is 248 g/mol. The van der Waals surface area contributed by atoms with Crippen molar-refractivity contribution in [2.24, 2.45) is 5.92 Å². The molecule has 1 atom stereocenters. The highest BCUT2D eigenvalue weighted by Gasteiger charge is 2.27. The Bertz CT molecular complexity index is 397. The van der Waals surface area contributed by atoms with Crippen molar-refractivity contribution >= 4 is 11.6 Å². The molecule has 1 fully saturated rings. The molecule has 100 valence electrons. The van der Waals surface area contributed by atoms with Gasteiger partial charge in [0.25, 0.3) is 0 Å². The zero-order chi connectivity index (χ0) is 13.1. The van der Waals surface area contributed by atoms with Gasteiger partial charge in [-0.3, -0.25) is 0 Å². The van der Waals surface area contributed by atoms with E-state index < -0.39 is 0 Å². The van der Waals surface area contributed by atoms with Crippen LogP contribution in [0.2, 0.25) is 0 Å². The predicted molar refractivity (Wildman–Crippen MR) is 75.6 cm³/mol. The van der Waals surface area contributed by atoms with Crippen LogP contribution in [0.15, 0.2) is 6.07 Å². The molecule has 0 spiro atoms. The van der Waals surface area contributed by atoms with E-state index in [-0.39, 0.29) is 0 Å². The second-order valence-corrected chi connectivity index (χ2v) is 5.32. The van der Waals surface area contributed by atoms with E-state index in [2.05, 4.69) is 36.1 Å². The van der Waals surface area contributed by atoms with Crippen LogP contribution < -0.4 is 11.1 Å². The van der Waals surface area contributed by atoms with Crippen LogP contribution in [0.4, 0.5) is 11.6 Å². The fourth-order valence-electron chi connectivity index (χ4n) is 2.43. The Balaban J connectivity index is 2.08. The Morgan fingerprint density at radius 2 is 2.00 bits per heavy atom. The molecule has 0 aromatic carbocycles. The molecule has 0 radical (unpaired) electrons. The molecular weight excluding hydrogens is 224 g/mol. The Kier molecular flexibility index (Phi) is 4.04. The SMILES string of the molecule is CCC(CC)C(C)Nc1cc(N)nc(C2CC2)n1. The molecule has 1 saturated carbocycles. The third-order valence-corrected chi connectivity index (χ3v) is 3.84. The Morgan fingerprint density at radius 3 is 2.56 bits per heavy atom. The van der Waals surface area contributed by atoms with Gasteiger partial charge in [-0.05, 0) is 25.7 Å². The number of nitrogens with two attached hydrogens (primary N) is 1. The van der Waals surface area contributed by atoms with Gasteiger partial charge in [0.05, 0.1) is 0 Å². The molecule has 0 bridgehead atoms. The fraction of sp³-hybridized carbons (Fsp3) is 0.714. The first kappa shape index (κ1) is 13.1. The van der Waals surface area contributed by atoms with E-state index in [1.807, 2.05) is 6.07 Å². The zero-order valence-electron chi connectivity index (χ0n) is 11.6. The van der Waals surface area contributed by atoms with Crippen LogP contribution in [0.3, 0.4) is 0 Å².